The molecule has 0 spiro atoms. The van der Waals surface area contributed by atoms with E-state index in [1.807, 2.05) is 42.9 Å². The Hall–Kier alpha value is -2.47. The Morgan fingerprint density at radius 3 is 2.92 bits per heavy atom. The van der Waals surface area contributed by atoms with Gasteiger partial charge in [0.25, 0.3) is 5.56 Å². The molecule has 0 atom stereocenters. The van der Waals surface area contributed by atoms with Gasteiger partial charge in [0, 0.05) is 26.6 Å². The molecule has 1 aromatic carbocycles. The molecule has 0 fully saturated rings. The van der Waals surface area contributed by atoms with Gasteiger partial charge in [-0.2, -0.15) is 11.3 Å². The van der Waals surface area contributed by atoms with Crippen molar-refractivity contribution in [1.82, 2.24) is 14.5 Å². The van der Waals surface area contributed by atoms with E-state index in [9.17, 15) is 9.59 Å². The van der Waals surface area contributed by atoms with E-state index in [1.54, 1.807) is 33.2 Å². The summed E-state index contributed by atoms with van der Waals surface area (Å²) in [4.78, 5) is 30.9. The molecular weight excluding hydrogens is 334 g/mol. The number of carbonyl (C=O) groups excluding carboxylic acids is 1. The molecule has 1 amide bonds. The molecule has 0 radical (unpaired) electrons. The average molecular weight is 355 g/mol. The zero-order valence-electron chi connectivity index (χ0n) is 14.4. The number of nitrogens with zero attached hydrogens (tertiary/aromatic N) is 3. The molecule has 0 saturated carbocycles. The smallest absolute Gasteiger partial charge is 0.261 e. The summed E-state index contributed by atoms with van der Waals surface area (Å²) in [6, 6.07) is 7.64. The molecule has 0 aliphatic carbocycles. The van der Waals surface area contributed by atoms with Crippen molar-refractivity contribution in [3.8, 4) is 0 Å². The van der Waals surface area contributed by atoms with Crippen molar-refractivity contribution in [2.45, 2.75) is 32.9 Å². The molecule has 0 aliphatic heterocycles. The summed E-state index contributed by atoms with van der Waals surface area (Å²) in [5, 5.41) is 4.68. The predicted octanol–water partition coefficient (Wildman–Crippen LogP) is 3.21. The molecule has 0 aliphatic rings. The fraction of sp³-hybridized carbons (Fsp3) is 0.316. The van der Waals surface area contributed by atoms with Crippen molar-refractivity contribution < 1.29 is 4.79 Å². The maximum absolute atomic E-state index is 12.5. The van der Waals surface area contributed by atoms with Gasteiger partial charge in [-0.05, 0) is 47.4 Å². The Labute approximate surface area is 150 Å². The monoisotopic (exact) mass is 355 g/mol. The highest BCUT2D eigenvalue weighted by Gasteiger charge is 2.10. The standard InChI is InChI=1S/C19H21N3O2S/c1-14-5-3-6-16-18(14)20-13-22(19(16)24)9-4-7-17(23)21(2)11-15-8-10-25-12-15/h3,5-6,8,10,12-13H,4,7,9,11H2,1-2H3. The lowest BCUT2D eigenvalue weighted by atomic mass is 10.1. The molecule has 5 nitrogen and oxygen atoms in total. The number of amides is 1. The van der Waals surface area contributed by atoms with Crippen molar-refractivity contribution >= 4 is 28.1 Å². The molecule has 6 heteroatoms. The number of aromatic nitrogens is 2. The Kier molecular flexibility index (Phi) is 5.28. The van der Waals surface area contributed by atoms with E-state index in [1.165, 1.54) is 0 Å². The van der Waals surface area contributed by atoms with Crippen LogP contribution in [0.15, 0.2) is 46.1 Å². The minimum Gasteiger partial charge on any atom is -0.341 e. The highest BCUT2D eigenvalue weighted by atomic mass is 32.1. The van der Waals surface area contributed by atoms with Crippen molar-refractivity contribution in [3.05, 3.63) is 62.8 Å². The summed E-state index contributed by atoms with van der Waals surface area (Å²) in [5.74, 6) is 0.0869. The third-order valence-corrected chi connectivity index (χ3v) is 5.00. The van der Waals surface area contributed by atoms with E-state index in [4.69, 9.17) is 0 Å². The number of hydrogen-bond acceptors (Lipinski definition) is 4. The molecule has 0 bridgehead atoms. The number of benzene rings is 1. The fourth-order valence-electron chi connectivity index (χ4n) is 2.83. The first-order valence-corrected chi connectivity index (χ1v) is 9.20. The maximum atomic E-state index is 12.5. The molecule has 0 unspecified atom stereocenters. The van der Waals surface area contributed by atoms with Crippen molar-refractivity contribution in [3.63, 3.8) is 0 Å². The number of thiophene rings is 1. The summed E-state index contributed by atoms with van der Waals surface area (Å²) in [6.45, 7) is 3.06. The van der Waals surface area contributed by atoms with E-state index >= 15 is 0 Å². The number of para-hydroxylation sites is 1. The Balaban J connectivity index is 1.60. The van der Waals surface area contributed by atoms with Gasteiger partial charge in [-0.3, -0.25) is 14.2 Å². The summed E-state index contributed by atoms with van der Waals surface area (Å²) >= 11 is 1.63. The SMILES string of the molecule is Cc1cccc2c(=O)n(CCCC(=O)N(C)Cc3ccsc3)cnc12. The van der Waals surface area contributed by atoms with Gasteiger partial charge in [-0.15, -0.1) is 0 Å². The summed E-state index contributed by atoms with van der Waals surface area (Å²) in [7, 11) is 1.81. The predicted molar refractivity (Wildman–Crippen MR) is 101 cm³/mol. The Bertz CT molecular complexity index is 931. The van der Waals surface area contributed by atoms with Crippen molar-refractivity contribution in [2.24, 2.45) is 0 Å². The summed E-state index contributed by atoms with van der Waals surface area (Å²) in [6.07, 6.45) is 2.61. The van der Waals surface area contributed by atoms with Gasteiger partial charge in [0.05, 0.1) is 17.2 Å². The summed E-state index contributed by atoms with van der Waals surface area (Å²) < 4.78 is 1.59. The molecule has 2 aromatic heterocycles. The molecule has 3 rings (SSSR count). The zero-order chi connectivity index (χ0) is 17.8. The maximum Gasteiger partial charge on any atom is 0.261 e. The molecule has 0 saturated heterocycles. The molecule has 0 N–H and O–H groups in total. The van der Waals surface area contributed by atoms with Crippen LogP contribution in [-0.2, 0) is 17.9 Å². The van der Waals surface area contributed by atoms with Crippen LogP contribution in [0.3, 0.4) is 0 Å². The van der Waals surface area contributed by atoms with Crippen LogP contribution in [0.5, 0.6) is 0 Å². The summed E-state index contributed by atoms with van der Waals surface area (Å²) in [5.41, 5.74) is 2.83. The Morgan fingerprint density at radius 1 is 1.32 bits per heavy atom. The van der Waals surface area contributed by atoms with Gasteiger partial charge >= 0.3 is 0 Å². The minimum atomic E-state index is -0.0484. The van der Waals surface area contributed by atoms with Crippen LogP contribution in [0.1, 0.15) is 24.0 Å². The van der Waals surface area contributed by atoms with Gasteiger partial charge in [-0.1, -0.05) is 12.1 Å². The van der Waals surface area contributed by atoms with Crippen LogP contribution in [0.2, 0.25) is 0 Å². The second kappa shape index (κ2) is 7.61. The zero-order valence-corrected chi connectivity index (χ0v) is 15.3. The number of fused-ring (bicyclic) bond motifs is 1. The van der Waals surface area contributed by atoms with E-state index in [0.717, 1.165) is 16.6 Å². The lowest BCUT2D eigenvalue weighted by Crippen LogP contribution is -2.27. The van der Waals surface area contributed by atoms with Gasteiger partial charge in [0.2, 0.25) is 5.91 Å². The number of hydrogen-bond donors (Lipinski definition) is 0. The lowest BCUT2D eigenvalue weighted by Gasteiger charge is -2.16. The van der Waals surface area contributed by atoms with Crippen LogP contribution in [0, 0.1) is 6.92 Å². The first-order valence-electron chi connectivity index (χ1n) is 8.26. The van der Waals surface area contributed by atoms with E-state index in [-0.39, 0.29) is 11.5 Å². The number of aryl methyl sites for hydroxylation is 2. The largest absolute Gasteiger partial charge is 0.341 e. The molecule has 130 valence electrons. The van der Waals surface area contributed by atoms with E-state index in [0.29, 0.717) is 31.3 Å². The molecule has 25 heavy (non-hydrogen) atoms. The van der Waals surface area contributed by atoms with Crippen LogP contribution >= 0.6 is 11.3 Å². The van der Waals surface area contributed by atoms with Crippen molar-refractivity contribution in [1.29, 1.82) is 0 Å². The molecule has 2 heterocycles. The van der Waals surface area contributed by atoms with Crippen LogP contribution in [0.4, 0.5) is 0 Å². The van der Waals surface area contributed by atoms with Crippen LogP contribution in [-0.4, -0.2) is 27.4 Å². The van der Waals surface area contributed by atoms with Crippen LogP contribution < -0.4 is 5.56 Å². The fourth-order valence-corrected chi connectivity index (χ4v) is 3.49. The topological polar surface area (TPSA) is 55.2 Å². The average Bonchev–Trinajstić information content (AvgIpc) is 3.10. The lowest BCUT2D eigenvalue weighted by molar-refractivity contribution is -0.130. The molecular formula is C19H21N3O2S. The first kappa shape index (κ1) is 17.4. The third-order valence-electron chi connectivity index (χ3n) is 4.27. The highest BCUT2D eigenvalue weighted by Crippen LogP contribution is 2.12. The van der Waals surface area contributed by atoms with Crippen molar-refractivity contribution in [2.75, 3.05) is 7.05 Å². The normalized spacial score (nSPS) is 11.0. The second-order valence-corrected chi connectivity index (χ2v) is 6.98. The van der Waals surface area contributed by atoms with Gasteiger partial charge in [-0.25, -0.2) is 4.98 Å². The minimum absolute atomic E-state index is 0.0484. The highest BCUT2D eigenvalue weighted by molar-refractivity contribution is 7.07. The van der Waals surface area contributed by atoms with Gasteiger partial charge < -0.3 is 4.90 Å². The van der Waals surface area contributed by atoms with E-state index in [2.05, 4.69) is 4.98 Å². The van der Waals surface area contributed by atoms with E-state index < -0.39 is 0 Å². The van der Waals surface area contributed by atoms with Gasteiger partial charge in [0.15, 0.2) is 0 Å². The first-order chi connectivity index (χ1) is 12.1. The number of rotatable bonds is 6. The third kappa shape index (κ3) is 3.96. The van der Waals surface area contributed by atoms with Crippen LogP contribution in [0.25, 0.3) is 10.9 Å². The second-order valence-electron chi connectivity index (χ2n) is 6.20. The van der Waals surface area contributed by atoms with Gasteiger partial charge in [0.1, 0.15) is 0 Å². The molecule has 3 aromatic rings. The quantitative estimate of drug-likeness (QED) is 0.682. The number of carbonyl (C=O) groups is 1. The Morgan fingerprint density at radius 2 is 2.16 bits per heavy atom.